The van der Waals surface area contributed by atoms with Crippen LogP contribution in [0.15, 0.2) is 60.7 Å². The summed E-state index contributed by atoms with van der Waals surface area (Å²) in [5.41, 5.74) is 2.46. The number of amides is 1. The van der Waals surface area contributed by atoms with Gasteiger partial charge in [-0.15, -0.1) is 0 Å². The molecule has 1 N–H and O–H groups in total. The average Bonchev–Trinajstić information content (AvgIpc) is 2.95. The van der Waals surface area contributed by atoms with Gasteiger partial charge in [0.25, 0.3) is 0 Å². The second-order valence-electron chi connectivity index (χ2n) is 6.92. The maximum Gasteiger partial charge on any atom is 0.237 e. The summed E-state index contributed by atoms with van der Waals surface area (Å²) < 4.78 is 0. The van der Waals surface area contributed by atoms with E-state index in [1.807, 2.05) is 29.2 Å². The first-order valence-corrected chi connectivity index (χ1v) is 9.60. The molecule has 4 nitrogen and oxygen atoms in total. The van der Waals surface area contributed by atoms with Crippen LogP contribution in [-0.2, 0) is 17.8 Å². The van der Waals surface area contributed by atoms with E-state index in [4.69, 9.17) is 0 Å². The molecule has 1 fully saturated rings. The van der Waals surface area contributed by atoms with E-state index >= 15 is 0 Å². The van der Waals surface area contributed by atoms with Gasteiger partial charge in [-0.2, -0.15) is 0 Å². The summed E-state index contributed by atoms with van der Waals surface area (Å²) in [5, 5.41) is 3.40. The lowest BCUT2D eigenvalue weighted by atomic mass is 10.1. The lowest BCUT2D eigenvalue weighted by molar-refractivity contribution is -0.133. The van der Waals surface area contributed by atoms with E-state index in [1.165, 1.54) is 11.1 Å². The molecule has 1 heterocycles. The Bertz CT molecular complexity index is 652. The molecule has 4 heteroatoms. The van der Waals surface area contributed by atoms with Gasteiger partial charge in [-0.25, -0.2) is 0 Å². The molecule has 2 aromatic carbocycles. The molecule has 0 atom stereocenters. The van der Waals surface area contributed by atoms with Crippen LogP contribution in [0, 0.1) is 0 Å². The fourth-order valence-electron chi connectivity index (χ4n) is 3.36. The smallest absolute Gasteiger partial charge is 0.237 e. The summed E-state index contributed by atoms with van der Waals surface area (Å²) in [6.45, 7) is 5.91. The van der Waals surface area contributed by atoms with Crippen LogP contribution < -0.4 is 5.32 Å². The van der Waals surface area contributed by atoms with Crippen LogP contribution in [0.5, 0.6) is 0 Å². The van der Waals surface area contributed by atoms with Crippen LogP contribution >= 0.6 is 0 Å². The van der Waals surface area contributed by atoms with Gasteiger partial charge in [0.2, 0.25) is 5.91 Å². The largest absolute Gasteiger partial charge is 0.337 e. The minimum atomic E-state index is 0.228. The summed E-state index contributed by atoms with van der Waals surface area (Å²) in [7, 11) is 0. The van der Waals surface area contributed by atoms with E-state index in [2.05, 4.69) is 46.6 Å². The number of carbonyl (C=O) groups is 1. The Labute approximate surface area is 156 Å². The van der Waals surface area contributed by atoms with Gasteiger partial charge in [-0.05, 0) is 37.1 Å². The molecule has 26 heavy (non-hydrogen) atoms. The highest BCUT2D eigenvalue weighted by atomic mass is 16.2. The maximum absolute atomic E-state index is 13.0. The van der Waals surface area contributed by atoms with Crippen molar-refractivity contribution in [3.05, 3.63) is 71.8 Å². The molecule has 0 spiro atoms. The van der Waals surface area contributed by atoms with E-state index < -0.39 is 0 Å². The number of nitrogens with zero attached hydrogens (tertiary/aromatic N) is 2. The molecule has 0 aliphatic carbocycles. The first kappa shape index (κ1) is 18.6. The van der Waals surface area contributed by atoms with Crippen molar-refractivity contribution in [3.8, 4) is 0 Å². The van der Waals surface area contributed by atoms with Gasteiger partial charge < -0.3 is 10.2 Å². The standard InChI is InChI=1S/C22H29N3O/c26-22(19-24-15-7-13-23-14-17-24)25(18-21-10-5-2-6-11-21)16-12-20-8-3-1-4-9-20/h1-6,8-11,23H,7,12-19H2. The maximum atomic E-state index is 13.0. The minimum Gasteiger partial charge on any atom is -0.337 e. The quantitative estimate of drug-likeness (QED) is 0.833. The lowest BCUT2D eigenvalue weighted by Gasteiger charge is -2.27. The van der Waals surface area contributed by atoms with Gasteiger partial charge in [0.1, 0.15) is 0 Å². The van der Waals surface area contributed by atoms with Gasteiger partial charge in [-0.3, -0.25) is 9.69 Å². The highest BCUT2D eigenvalue weighted by molar-refractivity contribution is 5.78. The Morgan fingerprint density at radius 3 is 2.35 bits per heavy atom. The SMILES string of the molecule is O=C(CN1CCCNCC1)N(CCc1ccccc1)Cc1ccccc1. The molecule has 138 valence electrons. The summed E-state index contributed by atoms with van der Waals surface area (Å²) in [6.07, 6.45) is 2.00. The first-order chi connectivity index (χ1) is 12.8. The predicted molar refractivity (Wildman–Crippen MR) is 106 cm³/mol. The molecule has 2 aromatic rings. The Hall–Kier alpha value is -2.17. The highest BCUT2D eigenvalue weighted by Crippen LogP contribution is 2.09. The van der Waals surface area contributed by atoms with Crippen molar-refractivity contribution in [1.29, 1.82) is 0 Å². The zero-order valence-electron chi connectivity index (χ0n) is 15.4. The predicted octanol–water partition coefficient (Wildman–Crippen LogP) is 2.55. The van der Waals surface area contributed by atoms with Gasteiger partial charge in [0.15, 0.2) is 0 Å². The molecule has 1 aliphatic rings. The Balaban J connectivity index is 1.63. The lowest BCUT2D eigenvalue weighted by Crippen LogP contribution is -2.42. The molecule has 0 unspecified atom stereocenters. The van der Waals surface area contributed by atoms with E-state index in [-0.39, 0.29) is 5.91 Å². The van der Waals surface area contributed by atoms with Gasteiger partial charge >= 0.3 is 0 Å². The van der Waals surface area contributed by atoms with Gasteiger partial charge in [-0.1, -0.05) is 60.7 Å². The second kappa shape index (κ2) is 10.1. The molecule has 0 saturated carbocycles. The van der Waals surface area contributed by atoms with Crippen LogP contribution in [-0.4, -0.2) is 55.0 Å². The number of rotatable bonds is 7. The third kappa shape index (κ3) is 5.97. The van der Waals surface area contributed by atoms with Crippen molar-refractivity contribution < 1.29 is 4.79 Å². The molecule has 3 rings (SSSR count). The molecular weight excluding hydrogens is 322 g/mol. The highest BCUT2D eigenvalue weighted by Gasteiger charge is 2.18. The number of benzene rings is 2. The van der Waals surface area contributed by atoms with Gasteiger partial charge in [0, 0.05) is 26.2 Å². The average molecular weight is 351 g/mol. The second-order valence-corrected chi connectivity index (χ2v) is 6.92. The first-order valence-electron chi connectivity index (χ1n) is 9.60. The number of nitrogens with one attached hydrogen (secondary N) is 1. The zero-order valence-corrected chi connectivity index (χ0v) is 15.4. The fourth-order valence-corrected chi connectivity index (χ4v) is 3.36. The van der Waals surface area contributed by atoms with E-state index in [9.17, 15) is 4.79 Å². The van der Waals surface area contributed by atoms with Crippen molar-refractivity contribution in [3.63, 3.8) is 0 Å². The molecule has 0 aromatic heterocycles. The summed E-state index contributed by atoms with van der Waals surface area (Å²) in [4.78, 5) is 17.3. The molecule has 1 amide bonds. The Morgan fingerprint density at radius 2 is 1.62 bits per heavy atom. The van der Waals surface area contributed by atoms with Crippen LogP contribution in [0.4, 0.5) is 0 Å². The fraction of sp³-hybridized carbons (Fsp3) is 0.409. The van der Waals surface area contributed by atoms with Crippen LogP contribution in [0.3, 0.4) is 0 Å². The summed E-state index contributed by atoms with van der Waals surface area (Å²) in [5.74, 6) is 0.228. The van der Waals surface area contributed by atoms with E-state index in [0.717, 1.165) is 45.6 Å². The van der Waals surface area contributed by atoms with Crippen molar-refractivity contribution in [1.82, 2.24) is 15.1 Å². The Kier molecular flexibility index (Phi) is 7.23. The van der Waals surface area contributed by atoms with Crippen molar-refractivity contribution in [2.45, 2.75) is 19.4 Å². The summed E-state index contributed by atoms with van der Waals surface area (Å²) >= 11 is 0. The molecule has 0 radical (unpaired) electrons. The molecule has 1 saturated heterocycles. The van der Waals surface area contributed by atoms with Crippen LogP contribution in [0.2, 0.25) is 0 Å². The van der Waals surface area contributed by atoms with Crippen molar-refractivity contribution >= 4 is 5.91 Å². The zero-order chi connectivity index (χ0) is 18.0. The third-order valence-corrected chi connectivity index (χ3v) is 4.87. The van der Waals surface area contributed by atoms with Crippen molar-refractivity contribution in [2.75, 3.05) is 39.3 Å². The normalized spacial score (nSPS) is 15.4. The monoisotopic (exact) mass is 351 g/mol. The minimum absolute atomic E-state index is 0.228. The van der Waals surface area contributed by atoms with Crippen LogP contribution in [0.1, 0.15) is 17.5 Å². The van der Waals surface area contributed by atoms with E-state index in [0.29, 0.717) is 13.1 Å². The number of hydrogen-bond donors (Lipinski definition) is 1. The van der Waals surface area contributed by atoms with Gasteiger partial charge in [0.05, 0.1) is 6.54 Å². The molecular formula is C22H29N3O. The molecule has 1 aliphatic heterocycles. The third-order valence-electron chi connectivity index (χ3n) is 4.87. The topological polar surface area (TPSA) is 35.6 Å². The van der Waals surface area contributed by atoms with E-state index in [1.54, 1.807) is 0 Å². The van der Waals surface area contributed by atoms with Crippen molar-refractivity contribution in [2.24, 2.45) is 0 Å². The number of hydrogen-bond acceptors (Lipinski definition) is 3. The Morgan fingerprint density at radius 1 is 0.923 bits per heavy atom. The molecule has 0 bridgehead atoms. The van der Waals surface area contributed by atoms with Crippen LogP contribution in [0.25, 0.3) is 0 Å². The summed E-state index contributed by atoms with van der Waals surface area (Å²) in [6, 6.07) is 20.7. The number of carbonyl (C=O) groups excluding carboxylic acids is 1.